The van der Waals surface area contributed by atoms with Gasteiger partial charge in [0.25, 0.3) is 0 Å². The highest BCUT2D eigenvalue weighted by Crippen LogP contribution is 2.25. The minimum absolute atomic E-state index is 0.0245. The van der Waals surface area contributed by atoms with Crippen molar-refractivity contribution >= 4 is 11.5 Å². The van der Waals surface area contributed by atoms with Gasteiger partial charge in [0.2, 0.25) is 0 Å². The van der Waals surface area contributed by atoms with Crippen molar-refractivity contribution in [1.29, 1.82) is 0 Å². The smallest absolute Gasteiger partial charge is 0.151 e. The highest BCUT2D eigenvalue weighted by molar-refractivity contribution is 5.65. The van der Waals surface area contributed by atoms with E-state index in [1.165, 1.54) is 12.3 Å². The van der Waals surface area contributed by atoms with Gasteiger partial charge >= 0.3 is 0 Å². The van der Waals surface area contributed by atoms with E-state index in [1.54, 1.807) is 12.3 Å². The van der Waals surface area contributed by atoms with Crippen LogP contribution in [0.3, 0.4) is 0 Å². The Hall–Kier alpha value is -2.17. The maximum Gasteiger partial charge on any atom is 0.151 e. The summed E-state index contributed by atoms with van der Waals surface area (Å²) in [5.74, 6) is 0.530. The first kappa shape index (κ1) is 13.3. The summed E-state index contributed by atoms with van der Waals surface area (Å²) in [6, 6.07) is 6.90. The van der Waals surface area contributed by atoms with Crippen LogP contribution in [-0.4, -0.2) is 24.1 Å². The summed E-state index contributed by atoms with van der Waals surface area (Å²) in [7, 11) is 3.88. The van der Waals surface area contributed by atoms with Gasteiger partial charge in [0.05, 0.1) is 23.6 Å². The molecule has 1 unspecified atom stereocenters. The normalized spacial score (nSPS) is 12.0. The van der Waals surface area contributed by atoms with E-state index in [0.717, 1.165) is 17.2 Å². The van der Waals surface area contributed by atoms with Gasteiger partial charge in [-0.05, 0) is 31.2 Å². The Balaban J connectivity index is 2.19. The van der Waals surface area contributed by atoms with Gasteiger partial charge in [0.15, 0.2) is 5.82 Å². The van der Waals surface area contributed by atoms with Gasteiger partial charge in [-0.2, -0.15) is 0 Å². The molecule has 1 atom stereocenters. The molecule has 0 saturated heterocycles. The van der Waals surface area contributed by atoms with Gasteiger partial charge in [-0.25, -0.2) is 9.37 Å². The van der Waals surface area contributed by atoms with Crippen LogP contribution in [0.25, 0.3) is 0 Å². The molecule has 0 saturated carbocycles. The lowest BCUT2D eigenvalue weighted by Gasteiger charge is -2.20. The molecule has 100 valence electrons. The molecule has 2 aromatic heterocycles. The van der Waals surface area contributed by atoms with Crippen LogP contribution in [0.2, 0.25) is 0 Å². The SMILES string of the molecule is CC(Nc1cccnc1N(C)C)c1ccc(F)cn1. The molecule has 0 amide bonds. The molecule has 0 fully saturated rings. The molecule has 2 aromatic rings. The standard InChI is InChI=1S/C14H17FN4/c1-10(12-7-6-11(15)9-17-12)18-13-5-4-8-16-14(13)19(2)3/h4-10,18H,1-3H3. The third-order valence-electron chi connectivity index (χ3n) is 2.78. The lowest BCUT2D eigenvalue weighted by Crippen LogP contribution is -2.16. The fourth-order valence-electron chi connectivity index (χ4n) is 1.82. The zero-order chi connectivity index (χ0) is 13.8. The summed E-state index contributed by atoms with van der Waals surface area (Å²) in [6.07, 6.45) is 2.98. The van der Waals surface area contributed by atoms with Crippen LogP contribution >= 0.6 is 0 Å². The maximum absolute atomic E-state index is 12.8. The summed E-state index contributed by atoms with van der Waals surface area (Å²) in [6.45, 7) is 1.98. The second-order valence-corrected chi connectivity index (χ2v) is 4.54. The van der Waals surface area contributed by atoms with E-state index in [0.29, 0.717) is 0 Å². The molecule has 1 N–H and O–H groups in total. The Morgan fingerprint density at radius 2 is 2.00 bits per heavy atom. The topological polar surface area (TPSA) is 41.1 Å². The van der Waals surface area contributed by atoms with Crippen LogP contribution in [0.4, 0.5) is 15.9 Å². The molecular formula is C14H17FN4. The van der Waals surface area contributed by atoms with E-state index >= 15 is 0 Å². The fraction of sp³-hybridized carbons (Fsp3) is 0.286. The zero-order valence-corrected chi connectivity index (χ0v) is 11.3. The molecule has 0 aliphatic carbocycles. The van der Waals surface area contributed by atoms with Gasteiger partial charge in [-0.3, -0.25) is 4.98 Å². The summed E-state index contributed by atoms with van der Waals surface area (Å²) in [5, 5.41) is 3.34. The summed E-state index contributed by atoms with van der Waals surface area (Å²) < 4.78 is 12.8. The fourth-order valence-corrected chi connectivity index (χ4v) is 1.82. The van der Waals surface area contributed by atoms with Gasteiger partial charge < -0.3 is 10.2 Å². The third kappa shape index (κ3) is 3.19. The molecule has 5 heteroatoms. The van der Waals surface area contributed by atoms with Gasteiger partial charge in [0.1, 0.15) is 5.82 Å². The van der Waals surface area contributed by atoms with Crippen LogP contribution in [-0.2, 0) is 0 Å². The second kappa shape index (κ2) is 5.65. The minimum atomic E-state index is -0.327. The largest absolute Gasteiger partial charge is 0.374 e. The van der Waals surface area contributed by atoms with Gasteiger partial charge in [-0.1, -0.05) is 0 Å². The molecule has 0 aliphatic heterocycles. The van der Waals surface area contributed by atoms with Crippen molar-refractivity contribution in [3.05, 3.63) is 48.2 Å². The predicted octanol–water partition coefficient (Wildman–Crippen LogP) is 2.85. The van der Waals surface area contributed by atoms with Crippen molar-refractivity contribution in [3.63, 3.8) is 0 Å². The molecule has 2 rings (SSSR count). The van der Waals surface area contributed by atoms with Crippen LogP contribution in [0, 0.1) is 5.82 Å². The lowest BCUT2D eigenvalue weighted by atomic mass is 10.2. The van der Waals surface area contributed by atoms with E-state index in [9.17, 15) is 4.39 Å². The van der Waals surface area contributed by atoms with E-state index in [-0.39, 0.29) is 11.9 Å². The number of pyridine rings is 2. The van der Waals surface area contributed by atoms with E-state index in [1.807, 2.05) is 38.1 Å². The minimum Gasteiger partial charge on any atom is -0.374 e. The molecule has 2 heterocycles. The molecule has 0 aliphatic rings. The van der Waals surface area contributed by atoms with Crippen molar-refractivity contribution in [2.45, 2.75) is 13.0 Å². The number of aromatic nitrogens is 2. The molecule has 4 nitrogen and oxygen atoms in total. The number of halogens is 1. The maximum atomic E-state index is 12.8. The van der Waals surface area contributed by atoms with Crippen molar-refractivity contribution in [2.75, 3.05) is 24.3 Å². The van der Waals surface area contributed by atoms with Crippen molar-refractivity contribution in [2.24, 2.45) is 0 Å². The second-order valence-electron chi connectivity index (χ2n) is 4.54. The number of hydrogen-bond donors (Lipinski definition) is 1. The summed E-state index contributed by atoms with van der Waals surface area (Å²) in [4.78, 5) is 10.3. The van der Waals surface area contributed by atoms with Crippen LogP contribution < -0.4 is 10.2 Å². The highest BCUT2D eigenvalue weighted by atomic mass is 19.1. The summed E-state index contributed by atoms with van der Waals surface area (Å²) >= 11 is 0. The van der Waals surface area contributed by atoms with Crippen molar-refractivity contribution in [1.82, 2.24) is 9.97 Å². The third-order valence-corrected chi connectivity index (χ3v) is 2.78. The number of nitrogens with one attached hydrogen (secondary N) is 1. The Morgan fingerprint density at radius 1 is 1.21 bits per heavy atom. The van der Waals surface area contributed by atoms with E-state index in [2.05, 4.69) is 15.3 Å². The summed E-state index contributed by atoms with van der Waals surface area (Å²) in [5.41, 5.74) is 1.71. The Kier molecular flexibility index (Phi) is 3.94. The average molecular weight is 260 g/mol. The molecular weight excluding hydrogens is 243 g/mol. The van der Waals surface area contributed by atoms with Crippen molar-refractivity contribution < 1.29 is 4.39 Å². The first-order valence-electron chi connectivity index (χ1n) is 6.08. The van der Waals surface area contributed by atoms with E-state index < -0.39 is 0 Å². The number of anilines is 2. The lowest BCUT2D eigenvalue weighted by molar-refractivity contribution is 0.617. The monoisotopic (exact) mass is 260 g/mol. The zero-order valence-electron chi connectivity index (χ0n) is 11.3. The number of hydrogen-bond acceptors (Lipinski definition) is 4. The Morgan fingerprint density at radius 3 is 2.63 bits per heavy atom. The Labute approximate surface area is 112 Å². The molecule has 0 bridgehead atoms. The van der Waals surface area contributed by atoms with Gasteiger partial charge in [0, 0.05) is 20.3 Å². The first-order chi connectivity index (χ1) is 9.08. The van der Waals surface area contributed by atoms with Crippen LogP contribution in [0.15, 0.2) is 36.7 Å². The first-order valence-corrected chi connectivity index (χ1v) is 6.08. The van der Waals surface area contributed by atoms with Gasteiger partial charge in [-0.15, -0.1) is 0 Å². The van der Waals surface area contributed by atoms with Crippen LogP contribution in [0.1, 0.15) is 18.7 Å². The van der Waals surface area contributed by atoms with Crippen molar-refractivity contribution in [3.8, 4) is 0 Å². The quantitative estimate of drug-likeness (QED) is 0.917. The highest BCUT2D eigenvalue weighted by Gasteiger charge is 2.11. The van der Waals surface area contributed by atoms with Crippen LogP contribution in [0.5, 0.6) is 0 Å². The molecule has 0 aromatic carbocycles. The van der Waals surface area contributed by atoms with E-state index in [4.69, 9.17) is 0 Å². The average Bonchev–Trinajstić information content (AvgIpc) is 2.39. The number of nitrogens with zero attached hydrogens (tertiary/aromatic N) is 3. The molecule has 19 heavy (non-hydrogen) atoms. The molecule has 0 radical (unpaired) electrons. The predicted molar refractivity (Wildman–Crippen MR) is 74.8 cm³/mol. The number of rotatable bonds is 4. The Bertz CT molecular complexity index is 539. The molecule has 0 spiro atoms.